The highest BCUT2D eigenvalue weighted by Crippen LogP contribution is 2.24. The first-order valence-electron chi connectivity index (χ1n) is 5.40. The minimum absolute atomic E-state index is 0.151. The Hall–Kier alpha value is -2.12. The van der Waals surface area contributed by atoms with E-state index in [4.69, 9.17) is 14.9 Å². The van der Waals surface area contributed by atoms with Crippen LogP contribution in [0.4, 0.5) is 0 Å². The number of aromatic nitrogens is 1. The van der Waals surface area contributed by atoms with Crippen LogP contribution in [0.2, 0.25) is 0 Å². The number of aryl methyl sites for hydroxylation is 1. The summed E-state index contributed by atoms with van der Waals surface area (Å²) in [6.45, 7) is 0.151. The minimum atomic E-state index is 0.151. The molecule has 4 heteroatoms. The second-order valence-electron chi connectivity index (χ2n) is 3.70. The fraction of sp³-hybridized carbons (Fsp3) is 0.231. The van der Waals surface area contributed by atoms with Crippen LogP contribution in [0.1, 0.15) is 17.5 Å². The summed E-state index contributed by atoms with van der Waals surface area (Å²) in [6.07, 6.45) is 3.09. The summed E-state index contributed by atoms with van der Waals surface area (Å²) < 4.78 is 5.21. The van der Waals surface area contributed by atoms with Gasteiger partial charge in [0.05, 0.1) is 17.8 Å². The number of rotatable bonds is 4. The Morgan fingerprint density at radius 2 is 2.06 bits per heavy atom. The molecule has 1 heterocycles. The van der Waals surface area contributed by atoms with Gasteiger partial charge >= 0.3 is 0 Å². The van der Waals surface area contributed by atoms with E-state index in [2.05, 4.69) is 11.2 Å². The molecule has 0 bridgehead atoms. The lowest BCUT2D eigenvalue weighted by Gasteiger charge is -2.00. The number of aliphatic hydroxyl groups is 1. The molecule has 0 aliphatic rings. The van der Waals surface area contributed by atoms with E-state index in [1.165, 1.54) is 0 Å². The highest BCUT2D eigenvalue weighted by molar-refractivity contribution is 5.61. The lowest BCUT2D eigenvalue weighted by molar-refractivity contribution is 0.288. The van der Waals surface area contributed by atoms with Crippen molar-refractivity contribution >= 4 is 0 Å². The van der Waals surface area contributed by atoms with Gasteiger partial charge in [-0.2, -0.15) is 5.26 Å². The van der Waals surface area contributed by atoms with Crippen LogP contribution in [0.5, 0.6) is 0 Å². The van der Waals surface area contributed by atoms with Gasteiger partial charge in [-0.1, -0.05) is 5.16 Å². The molecule has 0 fully saturated rings. The maximum absolute atomic E-state index is 8.81. The number of hydrogen-bond donors (Lipinski definition) is 1. The molecular formula is C13H12N2O2. The minimum Gasteiger partial charge on any atom is -0.396 e. The van der Waals surface area contributed by atoms with Crippen LogP contribution < -0.4 is 0 Å². The molecule has 0 saturated carbocycles. The molecule has 1 N–H and O–H groups in total. The van der Waals surface area contributed by atoms with Gasteiger partial charge in [-0.3, -0.25) is 0 Å². The van der Waals surface area contributed by atoms with Gasteiger partial charge in [0.25, 0.3) is 0 Å². The summed E-state index contributed by atoms with van der Waals surface area (Å²) in [5.41, 5.74) is 2.49. The average Bonchev–Trinajstić information content (AvgIpc) is 2.84. The molecule has 1 aromatic carbocycles. The van der Waals surface area contributed by atoms with Gasteiger partial charge in [0.2, 0.25) is 0 Å². The van der Waals surface area contributed by atoms with E-state index in [0.717, 1.165) is 17.5 Å². The molecular weight excluding hydrogens is 216 g/mol. The van der Waals surface area contributed by atoms with Crippen molar-refractivity contribution in [2.45, 2.75) is 12.8 Å². The lowest BCUT2D eigenvalue weighted by atomic mass is 10.0. The second kappa shape index (κ2) is 5.28. The topological polar surface area (TPSA) is 70.0 Å². The van der Waals surface area contributed by atoms with Crippen LogP contribution in [0, 0.1) is 11.3 Å². The number of hydrogen-bond acceptors (Lipinski definition) is 4. The molecule has 2 aromatic rings. The molecule has 0 atom stereocenters. The zero-order valence-electron chi connectivity index (χ0n) is 9.26. The summed E-state index contributed by atoms with van der Waals surface area (Å²) in [6, 6.07) is 9.23. The Bertz CT molecular complexity index is 523. The largest absolute Gasteiger partial charge is 0.396 e. The van der Waals surface area contributed by atoms with Crippen LogP contribution in [0.3, 0.4) is 0 Å². The van der Waals surface area contributed by atoms with Crippen molar-refractivity contribution < 1.29 is 9.63 Å². The monoisotopic (exact) mass is 228 g/mol. The molecule has 0 aliphatic heterocycles. The Kier molecular flexibility index (Phi) is 3.53. The molecule has 0 aliphatic carbocycles. The smallest absolute Gasteiger partial charge is 0.170 e. The fourth-order valence-corrected chi connectivity index (χ4v) is 1.64. The number of benzene rings is 1. The van der Waals surface area contributed by atoms with Gasteiger partial charge in [0.15, 0.2) is 5.76 Å². The van der Waals surface area contributed by atoms with E-state index in [0.29, 0.717) is 17.7 Å². The summed E-state index contributed by atoms with van der Waals surface area (Å²) in [5, 5.41) is 21.3. The molecule has 17 heavy (non-hydrogen) atoms. The normalized spacial score (nSPS) is 10.1. The van der Waals surface area contributed by atoms with E-state index in [-0.39, 0.29) is 6.61 Å². The lowest BCUT2D eigenvalue weighted by Crippen LogP contribution is -1.89. The SMILES string of the molecule is N#Cc1ccc(-c2oncc2CCCO)cc1. The van der Waals surface area contributed by atoms with E-state index in [1.54, 1.807) is 18.3 Å². The van der Waals surface area contributed by atoms with Crippen molar-refractivity contribution in [3.05, 3.63) is 41.6 Å². The van der Waals surface area contributed by atoms with Crippen LogP contribution >= 0.6 is 0 Å². The average molecular weight is 228 g/mol. The molecule has 0 saturated heterocycles. The predicted molar refractivity (Wildman–Crippen MR) is 62.1 cm³/mol. The second-order valence-corrected chi connectivity index (χ2v) is 3.70. The summed E-state index contributed by atoms with van der Waals surface area (Å²) >= 11 is 0. The summed E-state index contributed by atoms with van der Waals surface area (Å²) in [4.78, 5) is 0. The third-order valence-corrected chi connectivity index (χ3v) is 2.52. The number of aliphatic hydroxyl groups excluding tert-OH is 1. The van der Waals surface area contributed by atoms with Crippen molar-refractivity contribution in [3.8, 4) is 17.4 Å². The van der Waals surface area contributed by atoms with Gasteiger partial charge in [0.1, 0.15) is 0 Å². The quantitative estimate of drug-likeness (QED) is 0.870. The maximum Gasteiger partial charge on any atom is 0.170 e. The van der Waals surface area contributed by atoms with E-state index in [9.17, 15) is 0 Å². The van der Waals surface area contributed by atoms with Gasteiger partial charge < -0.3 is 9.63 Å². The Labute approximate surface area is 99.1 Å². The molecule has 1 aromatic heterocycles. The Balaban J connectivity index is 2.26. The van der Waals surface area contributed by atoms with Crippen LogP contribution in [0.25, 0.3) is 11.3 Å². The molecule has 0 unspecified atom stereocenters. The van der Waals surface area contributed by atoms with Crippen molar-refractivity contribution in [3.63, 3.8) is 0 Å². The first-order valence-corrected chi connectivity index (χ1v) is 5.40. The van der Waals surface area contributed by atoms with Crippen molar-refractivity contribution in [2.75, 3.05) is 6.61 Å². The zero-order valence-corrected chi connectivity index (χ0v) is 9.26. The van der Waals surface area contributed by atoms with E-state index < -0.39 is 0 Å². The molecule has 0 radical (unpaired) electrons. The highest BCUT2D eigenvalue weighted by Gasteiger charge is 2.10. The van der Waals surface area contributed by atoms with Crippen molar-refractivity contribution in [2.24, 2.45) is 0 Å². The summed E-state index contributed by atoms with van der Waals surface area (Å²) in [5.74, 6) is 0.711. The van der Waals surface area contributed by atoms with Crippen LogP contribution in [-0.2, 0) is 6.42 Å². The molecule has 4 nitrogen and oxygen atoms in total. The van der Waals surface area contributed by atoms with Gasteiger partial charge in [0, 0.05) is 17.7 Å². The Morgan fingerprint density at radius 3 is 2.71 bits per heavy atom. The van der Waals surface area contributed by atoms with Crippen molar-refractivity contribution in [1.29, 1.82) is 5.26 Å². The third kappa shape index (κ3) is 2.52. The number of nitriles is 1. The first-order chi connectivity index (χ1) is 8.35. The van der Waals surface area contributed by atoms with Crippen LogP contribution in [-0.4, -0.2) is 16.9 Å². The van der Waals surface area contributed by atoms with Gasteiger partial charge in [-0.05, 0) is 37.1 Å². The molecule has 0 amide bonds. The highest BCUT2D eigenvalue weighted by atomic mass is 16.5. The van der Waals surface area contributed by atoms with Crippen molar-refractivity contribution in [1.82, 2.24) is 5.16 Å². The Morgan fingerprint density at radius 1 is 1.29 bits per heavy atom. The predicted octanol–water partition coefficient (Wildman–Crippen LogP) is 2.14. The molecule has 2 rings (SSSR count). The van der Waals surface area contributed by atoms with E-state index in [1.807, 2.05) is 12.1 Å². The van der Waals surface area contributed by atoms with Gasteiger partial charge in [-0.15, -0.1) is 0 Å². The van der Waals surface area contributed by atoms with Gasteiger partial charge in [-0.25, -0.2) is 0 Å². The fourth-order valence-electron chi connectivity index (χ4n) is 1.64. The first kappa shape index (κ1) is 11.4. The zero-order chi connectivity index (χ0) is 12.1. The maximum atomic E-state index is 8.81. The third-order valence-electron chi connectivity index (χ3n) is 2.52. The molecule has 86 valence electrons. The summed E-state index contributed by atoms with van der Waals surface area (Å²) in [7, 11) is 0. The molecule has 0 spiro atoms. The van der Waals surface area contributed by atoms with E-state index >= 15 is 0 Å². The van der Waals surface area contributed by atoms with Crippen LogP contribution in [0.15, 0.2) is 35.0 Å². The number of nitrogens with zero attached hydrogens (tertiary/aromatic N) is 2. The standard InChI is InChI=1S/C13H12N2O2/c14-8-10-3-5-11(6-4-10)13-12(2-1-7-16)9-15-17-13/h3-6,9,16H,1-2,7H2.